The number of sulfone groups is 1. The Morgan fingerprint density at radius 2 is 1.01 bits per heavy atom. The number of terminal acetylenes is 1. The normalized spacial score (nSPS) is 17.4. The Morgan fingerprint density at radius 1 is 0.590 bits per heavy atom. The third-order valence-corrected chi connectivity index (χ3v) is 37.9. The summed E-state index contributed by atoms with van der Waals surface area (Å²) in [6.07, 6.45) is 11.1. The number of fused-ring (bicyclic) bond motifs is 2. The lowest BCUT2D eigenvalue weighted by Crippen LogP contribution is -2.34. The molecule has 2 aliphatic rings. The zero-order valence-corrected chi connectivity index (χ0v) is 92.3. The number of nitrogens with zero attached hydrogens (tertiary/aromatic N) is 4. The molecule has 0 saturated heterocycles. The summed E-state index contributed by atoms with van der Waals surface area (Å²) in [7, 11) is -28.3. The number of ether oxygens (including phenoxy) is 1. The number of thiol groups is 1. The number of aryl methyl sites for hydroxylation is 1. The summed E-state index contributed by atoms with van der Waals surface area (Å²) in [6, 6.07) is 22.0. The van der Waals surface area contributed by atoms with Gasteiger partial charge in [-0.1, -0.05) is 80.9 Å². The van der Waals surface area contributed by atoms with Crippen molar-refractivity contribution < 1.29 is 140 Å². The molecule has 1 aliphatic carbocycles. The van der Waals surface area contributed by atoms with E-state index < -0.39 is 116 Å². The molecule has 1 aliphatic heterocycles. The van der Waals surface area contributed by atoms with E-state index in [1.54, 1.807) is 183 Å². The minimum Gasteiger partial charge on any atom is -0.481 e. The molecule has 46 heteroatoms. The first-order chi connectivity index (χ1) is 60.8. The first-order valence-electron chi connectivity index (χ1n) is 43.4. The maximum Gasteiger partial charge on any atom is 0.333 e. The summed E-state index contributed by atoms with van der Waals surface area (Å²) in [5.41, 5.74) is 18.2. The van der Waals surface area contributed by atoms with E-state index in [0.717, 1.165) is 40.8 Å². The van der Waals surface area contributed by atoms with Crippen LogP contribution in [0.1, 0.15) is 265 Å². The molecule has 0 aromatic heterocycles. The molecule has 134 heavy (non-hydrogen) atoms. The van der Waals surface area contributed by atoms with Crippen molar-refractivity contribution in [3.05, 3.63) is 105 Å². The van der Waals surface area contributed by atoms with Gasteiger partial charge in [0.05, 0.1) is 129 Å². The van der Waals surface area contributed by atoms with Crippen LogP contribution in [0.4, 0.5) is 5.69 Å². The number of carbonyl (C=O) groups is 5. The van der Waals surface area contributed by atoms with Crippen LogP contribution in [0.25, 0.3) is 10.4 Å². The van der Waals surface area contributed by atoms with Crippen molar-refractivity contribution in [2.75, 3.05) is 81.9 Å². The molecule has 7 unspecified atom stereocenters. The third-order valence-electron chi connectivity index (χ3n) is 19.0. The number of Topliss-reactive ketones (excluding diaryl/α,β-unsaturated/α-hetero) is 1. The Morgan fingerprint density at radius 3 is 1.44 bits per heavy atom. The van der Waals surface area contributed by atoms with Gasteiger partial charge in [0.15, 0.2) is 15.6 Å². The SMILES string of the molecule is C#CCCOP(=O)(O)C(C)(C)C.CC(C)(C)P(=O)(O)OC1CCC(CC(=O)[C@H](N)CS)CC1.CC(C)(C)P(=O)(O)OCCBr.CC(C)(C)P(=O)(O)OCCC(=O)O.CC(C)(C)P(=O)(O)OCCC=O.CC(C)(C)P(=O)(O)OCCN=[N+]=[N-].CC(C)(C)P(=O)(O)OCCOCCNC(=O)CCCCC(=O)N1Cc2ccccc2C#Cc2ccccc21.Cc1ccc(S(=O)(=O)C(C)(C)C)cc1. The van der Waals surface area contributed by atoms with E-state index in [1.807, 2.05) is 67.6 Å². The van der Waals surface area contributed by atoms with Gasteiger partial charge in [-0.3, -0.25) is 51.1 Å². The fourth-order valence-electron chi connectivity index (χ4n) is 9.27. The zero-order chi connectivity index (χ0) is 105. The Labute approximate surface area is 810 Å². The molecule has 3 aromatic carbocycles. The molecule has 8 atom stereocenters. The molecule has 2 amide bonds. The van der Waals surface area contributed by atoms with Gasteiger partial charge in [-0.05, 0) is 259 Å². The number of para-hydroxylation sites is 1. The fourth-order valence-corrected chi connectivity index (χ4v) is 16.4. The second-order valence-electron chi connectivity index (χ2n) is 38.7. The van der Waals surface area contributed by atoms with E-state index in [2.05, 4.69) is 66.2 Å². The van der Waals surface area contributed by atoms with Gasteiger partial charge in [0.25, 0.3) is 0 Å². The van der Waals surface area contributed by atoms with Crippen LogP contribution in [0.2, 0.25) is 0 Å². The number of anilines is 1. The second-order valence-corrected chi connectivity index (χ2v) is 61.0. The van der Waals surface area contributed by atoms with Crippen LogP contribution in [0.3, 0.4) is 0 Å². The van der Waals surface area contributed by atoms with Crippen molar-refractivity contribution in [2.45, 2.75) is 315 Å². The number of alkyl halides is 1. The van der Waals surface area contributed by atoms with E-state index in [9.17, 15) is 98.6 Å². The van der Waals surface area contributed by atoms with Crippen molar-refractivity contribution in [3.63, 3.8) is 0 Å². The second kappa shape index (κ2) is 60.8. The topological polar surface area (TPSA) is 565 Å². The average molecular weight is 2140 g/mol. The molecule has 3 aromatic rings. The van der Waals surface area contributed by atoms with Crippen LogP contribution in [-0.4, -0.2) is 208 Å². The number of amides is 2. The van der Waals surface area contributed by atoms with Crippen LogP contribution in [0, 0.1) is 37.0 Å². The molecule has 1 fully saturated rings. The van der Waals surface area contributed by atoms with E-state index in [4.69, 9.17) is 54.7 Å². The van der Waals surface area contributed by atoms with Gasteiger partial charge in [0, 0.05) is 72.3 Å². The van der Waals surface area contributed by atoms with Crippen LogP contribution in [-0.2, 0) is 109 Å². The maximum absolute atomic E-state index is 13.2. The fraction of sp³-hybridized carbons (Fsp3) is 0.693. The predicted octanol–water partition coefficient (Wildman–Crippen LogP) is 19.7. The van der Waals surface area contributed by atoms with Crippen LogP contribution >= 0.6 is 81.7 Å². The number of nitrogens with one attached hydrogen (secondary N) is 1. The van der Waals surface area contributed by atoms with Crippen molar-refractivity contribution >= 4 is 127 Å². The largest absolute Gasteiger partial charge is 0.481 e. The Balaban J connectivity index is -0.00000154. The predicted molar refractivity (Wildman–Crippen MR) is 536 cm³/mol. The van der Waals surface area contributed by atoms with Crippen molar-refractivity contribution in [1.82, 2.24) is 5.32 Å². The highest BCUT2D eigenvalue weighted by Crippen LogP contribution is 2.60. The molecule has 770 valence electrons. The quantitative estimate of drug-likeness (QED) is 0.00294. The summed E-state index contributed by atoms with van der Waals surface area (Å²) < 4.78 is 144. The molecule has 0 bridgehead atoms. The first-order valence-corrected chi connectivity index (χ1v) is 57.6. The highest BCUT2D eigenvalue weighted by Gasteiger charge is 2.43. The number of nitrogens with two attached hydrogens (primary N) is 1. The van der Waals surface area contributed by atoms with Gasteiger partial charge >= 0.3 is 59.1 Å². The number of hydrogen-bond donors (Lipinski definition) is 11. The number of aldehydes is 1. The highest BCUT2D eigenvalue weighted by molar-refractivity contribution is 9.09. The van der Waals surface area contributed by atoms with E-state index >= 15 is 0 Å². The number of carboxylic acid groups (broad SMARTS) is 1. The van der Waals surface area contributed by atoms with Crippen molar-refractivity contribution in [1.29, 1.82) is 0 Å². The van der Waals surface area contributed by atoms with Crippen LogP contribution in [0.5, 0.6) is 0 Å². The zero-order valence-electron chi connectivity index (χ0n) is 82.8. The highest BCUT2D eigenvalue weighted by atomic mass is 79.9. The smallest absolute Gasteiger partial charge is 0.333 e. The van der Waals surface area contributed by atoms with Gasteiger partial charge in [-0.25, -0.2) is 8.42 Å². The summed E-state index contributed by atoms with van der Waals surface area (Å²) >= 11 is 7.15. The lowest BCUT2D eigenvalue weighted by molar-refractivity contribution is -0.137. The summed E-state index contributed by atoms with van der Waals surface area (Å²) in [4.78, 5) is 128. The van der Waals surface area contributed by atoms with Gasteiger partial charge < -0.3 is 96.5 Å². The molecular formula is C88H154BrN6O30P7S2. The molecule has 1 saturated carbocycles. The molecule has 11 N–H and O–H groups in total. The number of halogens is 1. The number of carbonyl (C=O) groups excluding carboxylic acids is 4. The van der Waals surface area contributed by atoms with Gasteiger partial charge in [-0.2, -0.15) is 12.6 Å². The number of aliphatic carboxylic acids is 1. The minimum atomic E-state index is -3.70. The molecule has 0 radical (unpaired) electrons. The number of ketones is 1. The van der Waals surface area contributed by atoms with E-state index in [1.165, 1.54) is 0 Å². The summed E-state index contributed by atoms with van der Waals surface area (Å²) in [5, 5.41) is 9.32. The van der Waals surface area contributed by atoms with E-state index in [0.29, 0.717) is 92.6 Å². The monoisotopic (exact) mass is 2130 g/mol. The van der Waals surface area contributed by atoms with Gasteiger partial charge in [0.1, 0.15) is 6.29 Å². The first kappa shape index (κ1) is 134. The average Bonchev–Trinajstić information content (AvgIpc) is 0.794. The van der Waals surface area contributed by atoms with Crippen molar-refractivity contribution in [3.8, 4) is 24.2 Å². The lowest BCUT2D eigenvalue weighted by atomic mass is 9.83. The van der Waals surface area contributed by atoms with E-state index in [-0.39, 0.29) is 95.9 Å². The van der Waals surface area contributed by atoms with Gasteiger partial charge in [0.2, 0.25) is 11.8 Å². The maximum atomic E-state index is 13.2. The van der Waals surface area contributed by atoms with Crippen LogP contribution in [0.15, 0.2) is 82.8 Å². The molecule has 0 spiro atoms. The minimum absolute atomic E-state index is 0.00543. The van der Waals surface area contributed by atoms with Gasteiger partial charge in [-0.15, -0.1) is 12.3 Å². The number of rotatable bonds is 37. The Hall–Kier alpha value is -4.41. The Bertz CT molecular complexity index is 4710. The molecule has 5 rings (SSSR count). The molecule has 36 nitrogen and oxygen atoms in total. The van der Waals surface area contributed by atoms with Crippen molar-refractivity contribution in [2.24, 2.45) is 16.8 Å². The number of hydrogen-bond acceptors (Lipinski definition) is 25. The summed E-state index contributed by atoms with van der Waals surface area (Å²) in [5.74, 6) is 8.33. The molecular weight excluding hydrogens is 1980 g/mol. The third kappa shape index (κ3) is 52.9. The number of azide groups is 1. The number of carboxylic acids is 1. The molecule has 1 heterocycles. The Kier molecular flexibility index (Phi) is 60.6. The van der Waals surface area contributed by atoms with Crippen LogP contribution < -0.4 is 16.0 Å². The summed E-state index contributed by atoms with van der Waals surface area (Å²) in [6.45, 7) is 43.0. The standard InChI is InChI=1S/C29H37N2O6P.C14H28NO4PS.C11H16O2S.C8H15O3P.C7H15O5P.C7H15O4P.C6H14BrO3P.C6H14N3O3P/c1-29(2,3)38(34,35)37-21-20-36-19-18-30-27(32)14-8-9-15-28(33)31-22-25-12-5-4-10-23(25)16-17-24-11-6-7-13-26(24)31;1-14(2,3)20(17,18)19-11-6-4-10(5-7-11)8-13(16)12(15)9-21;1-9-5-7-10(8-6-9)14(12,13)11(2,3)4;1-5-6-7-11-12(9,10)8(2,3)4;1-7(2,3)13(10,11)12-5-4-6(8)9;1-7(2,3)12(9,10)11-6-4-5-8;1-6(2,3)11(8,9)10-5-4-7;1-6(2,3)13(10,11)12-5-4-8-9-7/h4-7,10-13H,8-9,14-15,18-22H2,1-3H3,(H,30,32)(H,34,35);10-12,21H,4-9,15H2,1-3H3,(H,17,18);5-8H,1-4H3;1H,6-7H2,2-4H3,(H,9,10);4-5H2,1-3H3,(H,8,9)(H,10,11);5H,4,6H2,1-3H3,(H,9,10);4-5H2,1-3H3,(H,8,9);4-5H2,1-3H3,(H,10,11)/t;10?,11?,12-;;;;;;/m.1....../s1. The number of benzene rings is 3. The number of unbranched alkanes of at least 4 members (excludes halogenated alkanes) is 1. The lowest BCUT2D eigenvalue weighted by Gasteiger charge is -2.33.